The van der Waals surface area contributed by atoms with Crippen molar-refractivity contribution in [2.24, 2.45) is 0 Å². The fraction of sp³-hybridized carbons (Fsp3) is 0.211. The highest BCUT2D eigenvalue weighted by Gasteiger charge is 2.20. The zero-order valence-electron chi connectivity index (χ0n) is 12.8. The van der Waals surface area contributed by atoms with Crippen LogP contribution in [0, 0.1) is 0 Å². The summed E-state index contributed by atoms with van der Waals surface area (Å²) >= 11 is 0. The fourth-order valence-electron chi connectivity index (χ4n) is 2.41. The molecule has 0 radical (unpaired) electrons. The summed E-state index contributed by atoms with van der Waals surface area (Å²) in [6, 6.07) is 17.8. The highest BCUT2D eigenvalue weighted by Crippen LogP contribution is 2.34. The predicted octanol–water partition coefficient (Wildman–Crippen LogP) is 5.18. The first-order valence-corrected chi connectivity index (χ1v) is 7.53. The van der Waals surface area contributed by atoms with Crippen LogP contribution in [0.25, 0.3) is 22.3 Å². The maximum Gasteiger partial charge on any atom is 0.368 e. The summed E-state index contributed by atoms with van der Waals surface area (Å²) in [6.45, 7) is 5.18. The molecule has 3 rings (SSSR count). The van der Waals surface area contributed by atoms with E-state index in [-0.39, 0.29) is 0 Å². The Bertz CT molecular complexity index is 766. The molecular formula is C19H19O3+. The molecule has 3 nitrogen and oxygen atoms in total. The van der Waals surface area contributed by atoms with Crippen LogP contribution < -0.4 is 9.47 Å². The zero-order chi connectivity index (χ0) is 15.4. The molecule has 0 fully saturated rings. The molecule has 22 heavy (non-hydrogen) atoms. The Balaban J connectivity index is 2.17. The van der Waals surface area contributed by atoms with E-state index in [9.17, 15) is 0 Å². The van der Waals surface area contributed by atoms with Crippen molar-refractivity contribution in [3.8, 4) is 22.8 Å². The molecule has 0 amide bonds. The Kier molecular flexibility index (Phi) is 4.24. The van der Waals surface area contributed by atoms with Crippen molar-refractivity contribution in [3.05, 3.63) is 54.6 Å². The zero-order valence-corrected chi connectivity index (χ0v) is 12.8. The molecule has 0 saturated heterocycles. The van der Waals surface area contributed by atoms with Gasteiger partial charge in [-0.15, -0.1) is 0 Å². The third kappa shape index (κ3) is 2.89. The van der Waals surface area contributed by atoms with Crippen molar-refractivity contribution in [1.82, 2.24) is 0 Å². The monoisotopic (exact) mass is 295 g/mol. The highest BCUT2D eigenvalue weighted by molar-refractivity contribution is 5.86. The van der Waals surface area contributed by atoms with Gasteiger partial charge < -0.3 is 9.47 Å². The van der Waals surface area contributed by atoms with E-state index >= 15 is 0 Å². The molecule has 1 heterocycles. The minimum atomic E-state index is 0.612. The van der Waals surface area contributed by atoms with Gasteiger partial charge in [-0.2, -0.15) is 0 Å². The molecule has 0 saturated carbocycles. The SMILES string of the molecule is CCOc1ccc2c(OCC)cc(-c3ccccc3)[o+]c2c1. The van der Waals surface area contributed by atoms with Crippen molar-refractivity contribution >= 4 is 11.0 Å². The summed E-state index contributed by atoms with van der Waals surface area (Å²) in [5.74, 6) is 2.40. The Hall–Kier alpha value is -2.55. The summed E-state index contributed by atoms with van der Waals surface area (Å²) in [5.41, 5.74) is 1.78. The molecule has 0 aliphatic heterocycles. The second kappa shape index (κ2) is 6.48. The van der Waals surface area contributed by atoms with E-state index in [2.05, 4.69) is 0 Å². The standard InChI is InChI=1S/C19H19O3/c1-3-20-15-10-11-16-18(21-4-2)13-17(22-19(16)12-15)14-8-6-5-7-9-14/h5-13H,3-4H2,1-2H3/q+1. The number of hydrogen-bond acceptors (Lipinski definition) is 2. The third-order valence-corrected chi connectivity index (χ3v) is 3.37. The van der Waals surface area contributed by atoms with Gasteiger partial charge in [0, 0.05) is 0 Å². The summed E-state index contributed by atoms with van der Waals surface area (Å²) in [6.07, 6.45) is 0. The fourth-order valence-corrected chi connectivity index (χ4v) is 2.41. The maximum atomic E-state index is 6.06. The van der Waals surface area contributed by atoms with Gasteiger partial charge in [-0.05, 0) is 38.1 Å². The van der Waals surface area contributed by atoms with Gasteiger partial charge in [0.05, 0.1) is 30.9 Å². The number of rotatable bonds is 5. The van der Waals surface area contributed by atoms with Gasteiger partial charge in [-0.25, -0.2) is 4.42 Å². The average Bonchev–Trinajstić information content (AvgIpc) is 2.56. The highest BCUT2D eigenvalue weighted by atomic mass is 16.5. The van der Waals surface area contributed by atoms with Gasteiger partial charge in [0.1, 0.15) is 16.9 Å². The van der Waals surface area contributed by atoms with Gasteiger partial charge in [-0.1, -0.05) is 18.2 Å². The van der Waals surface area contributed by atoms with Gasteiger partial charge in [0.15, 0.2) is 0 Å². The van der Waals surface area contributed by atoms with Crippen LogP contribution in [0.4, 0.5) is 0 Å². The van der Waals surface area contributed by atoms with Crippen molar-refractivity contribution < 1.29 is 13.9 Å². The van der Waals surface area contributed by atoms with Crippen LogP contribution in [0.3, 0.4) is 0 Å². The van der Waals surface area contributed by atoms with Gasteiger partial charge >= 0.3 is 11.3 Å². The van der Waals surface area contributed by atoms with Crippen molar-refractivity contribution in [2.75, 3.05) is 13.2 Å². The van der Waals surface area contributed by atoms with E-state index < -0.39 is 0 Å². The third-order valence-electron chi connectivity index (χ3n) is 3.37. The van der Waals surface area contributed by atoms with Crippen molar-refractivity contribution in [3.63, 3.8) is 0 Å². The molecule has 3 heteroatoms. The van der Waals surface area contributed by atoms with Crippen molar-refractivity contribution in [2.45, 2.75) is 13.8 Å². The molecule has 1 aromatic heterocycles. The van der Waals surface area contributed by atoms with Gasteiger partial charge in [0.2, 0.25) is 0 Å². The first-order chi connectivity index (χ1) is 10.8. The minimum Gasteiger partial charge on any atom is -0.494 e. The largest absolute Gasteiger partial charge is 0.494 e. The molecule has 0 aliphatic rings. The Morgan fingerprint density at radius 3 is 2.36 bits per heavy atom. The topological polar surface area (TPSA) is 29.8 Å². The molecule has 0 bridgehead atoms. The van der Waals surface area contributed by atoms with Crippen LogP contribution in [0.2, 0.25) is 0 Å². The smallest absolute Gasteiger partial charge is 0.368 e. The first kappa shape index (κ1) is 14.4. The second-order valence-electron chi connectivity index (χ2n) is 4.86. The molecule has 0 unspecified atom stereocenters. The lowest BCUT2D eigenvalue weighted by Gasteiger charge is -2.05. The van der Waals surface area contributed by atoms with Crippen molar-refractivity contribution in [1.29, 1.82) is 0 Å². The van der Waals surface area contributed by atoms with E-state index in [1.54, 1.807) is 0 Å². The van der Waals surface area contributed by atoms with Crippen LogP contribution in [0.5, 0.6) is 11.5 Å². The maximum absolute atomic E-state index is 6.06. The number of fused-ring (bicyclic) bond motifs is 1. The molecule has 0 spiro atoms. The lowest BCUT2D eigenvalue weighted by Crippen LogP contribution is -1.95. The molecule has 0 atom stereocenters. The van der Waals surface area contributed by atoms with Crippen LogP contribution in [-0.2, 0) is 0 Å². The summed E-state index contributed by atoms with van der Waals surface area (Å²) in [5, 5.41) is 0.949. The predicted molar refractivity (Wildman–Crippen MR) is 88.4 cm³/mol. The van der Waals surface area contributed by atoms with E-state index in [4.69, 9.17) is 13.9 Å². The summed E-state index contributed by atoms with van der Waals surface area (Å²) in [4.78, 5) is 0. The Morgan fingerprint density at radius 1 is 0.864 bits per heavy atom. The number of benzene rings is 2. The normalized spacial score (nSPS) is 10.6. The average molecular weight is 295 g/mol. The quantitative estimate of drug-likeness (QED) is 0.607. The molecule has 2 aromatic carbocycles. The van der Waals surface area contributed by atoms with E-state index in [1.165, 1.54) is 0 Å². The van der Waals surface area contributed by atoms with E-state index in [0.29, 0.717) is 13.2 Å². The molecular weight excluding hydrogens is 276 g/mol. The molecule has 112 valence electrons. The Labute approximate surface area is 130 Å². The lowest BCUT2D eigenvalue weighted by atomic mass is 10.1. The van der Waals surface area contributed by atoms with Gasteiger partial charge in [-0.3, -0.25) is 0 Å². The molecule has 0 aliphatic carbocycles. The second-order valence-corrected chi connectivity index (χ2v) is 4.86. The lowest BCUT2D eigenvalue weighted by molar-refractivity contribution is 0.338. The number of ether oxygens (including phenoxy) is 2. The minimum absolute atomic E-state index is 0.612. The van der Waals surface area contributed by atoms with Crippen LogP contribution in [0.15, 0.2) is 59.0 Å². The number of hydrogen-bond donors (Lipinski definition) is 0. The van der Waals surface area contributed by atoms with Crippen LogP contribution >= 0.6 is 0 Å². The first-order valence-electron chi connectivity index (χ1n) is 7.53. The summed E-state index contributed by atoms with van der Waals surface area (Å²) < 4.78 is 17.4. The van der Waals surface area contributed by atoms with E-state index in [1.807, 2.05) is 68.4 Å². The summed E-state index contributed by atoms with van der Waals surface area (Å²) in [7, 11) is 0. The molecule has 0 N–H and O–H groups in total. The van der Waals surface area contributed by atoms with Crippen LogP contribution in [-0.4, -0.2) is 13.2 Å². The Morgan fingerprint density at radius 2 is 1.64 bits per heavy atom. The van der Waals surface area contributed by atoms with Gasteiger partial charge in [0.25, 0.3) is 0 Å². The van der Waals surface area contributed by atoms with E-state index in [0.717, 1.165) is 33.8 Å². The molecule has 3 aromatic rings. The van der Waals surface area contributed by atoms with Crippen LogP contribution in [0.1, 0.15) is 13.8 Å².